The summed E-state index contributed by atoms with van der Waals surface area (Å²) in [4.78, 5) is 0. The van der Waals surface area contributed by atoms with Gasteiger partial charge in [0.25, 0.3) is 0 Å². The van der Waals surface area contributed by atoms with E-state index in [1.54, 1.807) is 0 Å². The van der Waals surface area contributed by atoms with Crippen molar-refractivity contribution in [3.63, 3.8) is 0 Å². The van der Waals surface area contributed by atoms with Crippen molar-refractivity contribution in [2.45, 2.75) is 48.5 Å². The lowest BCUT2D eigenvalue weighted by Crippen LogP contribution is -2.69. The minimum Gasteiger partial charge on any atom is -0.485 e. The van der Waals surface area contributed by atoms with Crippen LogP contribution in [0.5, 0.6) is 0 Å². The van der Waals surface area contributed by atoms with Crippen molar-refractivity contribution >= 4 is 18.1 Å². The molecule has 0 N–H and O–H groups in total. The first-order valence-electron chi connectivity index (χ1n) is 8.60. The smallest absolute Gasteiger partial charge is 0.485 e. The Morgan fingerprint density at radius 3 is 0.826 bits per heavy atom. The third-order valence-corrected chi connectivity index (χ3v) is 9.96. The largest absolute Gasteiger partial charge is 0.891 e. The zero-order valence-electron chi connectivity index (χ0n) is 15.8. The van der Waals surface area contributed by atoms with E-state index in [-0.39, 0.29) is 0 Å². The zero-order valence-corrected chi connectivity index (χ0v) is 17.8. The summed E-state index contributed by atoms with van der Waals surface area (Å²) >= 11 is 0. The first-order valence-corrected chi connectivity index (χ1v) is 11.9. The summed E-state index contributed by atoms with van der Waals surface area (Å²) in [5.74, 6) is 0. The third kappa shape index (κ3) is 6.18. The molecule has 0 rings (SSSR count). The highest BCUT2D eigenvalue weighted by Crippen LogP contribution is 2.31. The SMILES string of the molecule is CCO[Si](OCC)(OCC)[O+](CC)[Si](OCC)(OCC)OCC. The standard InChI is InChI=1S/C14H35O7Si2/c1-8-15-22(16-9-2,17-10-3)21(14-7)23(18-11-4,19-12-5)20-13-6/h8-14H2,1-7H3/q+1. The summed E-state index contributed by atoms with van der Waals surface area (Å²) in [6.07, 6.45) is 0. The molecule has 7 nitrogen and oxygen atoms in total. The van der Waals surface area contributed by atoms with Gasteiger partial charge in [0.05, 0.1) is 0 Å². The Hall–Kier alpha value is 0.154. The second-order valence-electron chi connectivity index (χ2n) is 4.28. The van der Waals surface area contributed by atoms with E-state index in [0.717, 1.165) is 0 Å². The predicted molar refractivity (Wildman–Crippen MR) is 92.9 cm³/mol. The second kappa shape index (κ2) is 12.5. The van der Waals surface area contributed by atoms with Crippen LogP contribution >= 0.6 is 0 Å². The van der Waals surface area contributed by atoms with Gasteiger partial charge in [0.2, 0.25) is 0 Å². The quantitative estimate of drug-likeness (QED) is 0.326. The van der Waals surface area contributed by atoms with Crippen LogP contribution in [0.1, 0.15) is 48.5 Å². The summed E-state index contributed by atoms with van der Waals surface area (Å²) in [5, 5.41) is 0. The fraction of sp³-hybridized carbons (Fsp3) is 1.00. The summed E-state index contributed by atoms with van der Waals surface area (Å²) < 4.78 is 38.9. The summed E-state index contributed by atoms with van der Waals surface area (Å²) in [6, 6.07) is 0. The highest BCUT2D eigenvalue weighted by Gasteiger charge is 2.76. The first-order chi connectivity index (χ1) is 11.1. The Morgan fingerprint density at radius 1 is 0.478 bits per heavy atom. The summed E-state index contributed by atoms with van der Waals surface area (Å²) in [7, 11) is -6.47. The van der Waals surface area contributed by atoms with Gasteiger partial charge in [-0.1, -0.05) is 0 Å². The van der Waals surface area contributed by atoms with Crippen LogP contribution in [-0.2, 0) is 30.3 Å². The van der Waals surface area contributed by atoms with Gasteiger partial charge in [-0.25, -0.2) is 0 Å². The molecule has 0 saturated carbocycles. The fourth-order valence-electron chi connectivity index (χ4n) is 2.24. The minimum absolute atomic E-state index is 0.463. The molecule has 140 valence electrons. The normalized spacial score (nSPS) is 13.0. The number of hydrogen-bond acceptors (Lipinski definition) is 6. The van der Waals surface area contributed by atoms with Gasteiger partial charge < -0.3 is 30.3 Å². The molecule has 0 saturated heterocycles. The first kappa shape index (κ1) is 23.2. The maximum absolute atomic E-state index is 5.99. The zero-order chi connectivity index (χ0) is 17.8. The molecule has 0 aliphatic heterocycles. The fourth-order valence-corrected chi connectivity index (χ4v) is 8.71. The molecule has 9 heteroatoms. The summed E-state index contributed by atoms with van der Waals surface area (Å²) in [6.45, 7) is 16.8. The molecule has 0 atom stereocenters. The molecule has 23 heavy (non-hydrogen) atoms. The lowest BCUT2D eigenvalue weighted by molar-refractivity contribution is -0.153. The maximum atomic E-state index is 5.99. The van der Waals surface area contributed by atoms with Crippen molar-refractivity contribution in [3.8, 4) is 0 Å². The Kier molecular flexibility index (Phi) is 12.6. The molecule has 0 bridgehead atoms. The summed E-state index contributed by atoms with van der Waals surface area (Å²) in [5.41, 5.74) is 0. The molecule has 0 fully saturated rings. The van der Waals surface area contributed by atoms with Gasteiger partial charge >= 0.3 is 18.1 Å². The van der Waals surface area contributed by atoms with Crippen LogP contribution in [0.4, 0.5) is 0 Å². The molecule has 0 aliphatic carbocycles. The van der Waals surface area contributed by atoms with E-state index in [4.69, 9.17) is 26.6 Å². The Bertz CT molecular complexity index is 234. The van der Waals surface area contributed by atoms with E-state index in [1.807, 2.05) is 48.5 Å². The Balaban J connectivity index is 5.91. The lowest BCUT2D eigenvalue weighted by Gasteiger charge is -2.39. The van der Waals surface area contributed by atoms with Gasteiger partial charge in [-0.15, -0.1) is 0 Å². The van der Waals surface area contributed by atoms with E-state index in [9.17, 15) is 0 Å². The van der Waals surface area contributed by atoms with Gasteiger partial charge in [0, 0.05) is 46.6 Å². The average molecular weight is 372 g/mol. The van der Waals surface area contributed by atoms with Gasteiger partial charge in [0.15, 0.2) is 0 Å². The van der Waals surface area contributed by atoms with Gasteiger partial charge in [0.1, 0.15) is 6.61 Å². The highest BCUT2D eigenvalue weighted by atomic mass is 28.5. The molecule has 0 aromatic carbocycles. The third-order valence-electron chi connectivity index (χ3n) is 2.82. The molecule has 0 spiro atoms. The van der Waals surface area contributed by atoms with E-state index < -0.39 is 18.1 Å². The van der Waals surface area contributed by atoms with E-state index >= 15 is 0 Å². The second-order valence-corrected chi connectivity index (χ2v) is 9.40. The molecular formula is C14H35O7Si2+. The van der Waals surface area contributed by atoms with Crippen LogP contribution in [0.25, 0.3) is 0 Å². The van der Waals surface area contributed by atoms with Gasteiger partial charge in [-0.2, -0.15) is 0 Å². The van der Waals surface area contributed by atoms with Gasteiger partial charge in [-0.05, 0) is 41.5 Å². The van der Waals surface area contributed by atoms with Crippen LogP contribution in [0.2, 0.25) is 0 Å². The van der Waals surface area contributed by atoms with E-state index in [1.165, 1.54) is 0 Å². The average Bonchev–Trinajstić information content (AvgIpc) is 2.49. The van der Waals surface area contributed by atoms with Crippen LogP contribution in [0.15, 0.2) is 0 Å². The van der Waals surface area contributed by atoms with E-state index in [2.05, 4.69) is 3.75 Å². The Morgan fingerprint density at radius 2 is 0.696 bits per heavy atom. The molecule has 0 heterocycles. The van der Waals surface area contributed by atoms with E-state index in [0.29, 0.717) is 46.2 Å². The molecule has 0 radical (unpaired) electrons. The number of hydrogen-bond donors (Lipinski definition) is 0. The molecule has 0 amide bonds. The van der Waals surface area contributed by atoms with Crippen molar-refractivity contribution in [1.29, 1.82) is 0 Å². The lowest BCUT2D eigenvalue weighted by atomic mass is 10.9. The van der Waals surface area contributed by atoms with Crippen LogP contribution < -0.4 is 0 Å². The monoisotopic (exact) mass is 371 g/mol. The topological polar surface area (TPSA) is 58.1 Å². The van der Waals surface area contributed by atoms with Crippen LogP contribution in [-0.4, -0.2) is 64.3 Å². The van der Waals surface area contributed by atoms with Crippen molar-refractivity contribution in [3.05, 3.63) is 0 Å². The number of rotatable bonds is 15. The molecule has 0 unspecified atom stereocenters. The van der Waals surface area contributed by atoms with Crippen molar-refractivity contribution in [2.75, 3.05) is 46.2 Å². The highest BCUT2D eigenvalue weighted by molar-refractivity contribution is 6.70. The Labute approximate surface area is 143 Å². The molecule has 0 aliphatic rings. The van der Waals surface area contributed by atoms with Crippen molar-refractivity contribution in [2.24, 2.45) is 0 Å². The van der Waals surface area contributed by atoms with Crippen LogP contribution in [0.3, 0.4) is 0 Å². The van der Waals surface area contributed by atoms with Crippen LogP contribution in [0, 0.1) is 0 Å². The predicted octanol–water partition coefficient (Wildman–Crippen LogP) is 2.65. The molecule has 0 aromatic heterocycles. The van der Waals surface area contributed by atoms with Gasteiger partial charge in [-0.3, -0.25) is 0 Å². The maximum Gasteiger partial charge on any atom is 0.891 e. The molecular weight excluding hydrogens is 336 g/mol. The van der Waals surface area contributed by atoms with Crippen molar-refractivity contribution in [1.82, 2.24) is 0 Å². The van der Waals surface area contributed by atoms with Crippen molar-refractivity contribution < 1.29 is 30.3 Å². The minimum atomic E-state index is -3.24. The molecule has 0 aromatic rings.